The highest BCUT2D eigenvalue weighted by atomic mass is 32.1. The summed E-state index contributed by atoms with van der Waals surface area (Å²) in [6, 6.07) is 10.4. The first-order valence-corrected chi connectivity index (χ1v) is 13.4. The second-order valence-electron chi connectivity index (χ2n) is 9.85. The molecule has 0 radical (unpaired) electrons. The van der Waals surface area contributed by atoms with Crippen molar-refractivity contribution in [1.29, 1.82) is 0 Å². The number of nitrogens with zero attached hydrogens (tertiary/aromatic N) is 1. The van der Waals surface area contributed by atoms with Gasteiger partial charge in [-0.1, -0.05) is 32.0 Å². The number of halogens is 1. The number of hydrogen-bond acceptors (Lipinski definition) is 4. The minimum atomic E-state index is -1.11. The van der Waals surface area contributed by atoms with E-state index >= 15 is 0 Å². The number of thiazole rings is 1. The van der Waals surface area contributed by atoms with Crippen LogP contribution in [-0.2, 0) is 17.8 Å². The monoisotopic (exact) mass is 540 g/mol. The Morgan fingerprint density at radius 2 is 2.05 bits per heavy atom. The van der Waals surface area contributed by atoms with Gasteiger partial charge in [-0.3, -0.25) is 4.79 Å². The van der Waals surface area contributed by atoms with Crippen LogP contribution in [0.15, 0.2) is 59.7 Å². The molecule has 3 heterocycles. The molecule has 3 aromatic heterocycles. The lowest BCUT2D eigenvalue weighted by Gasteiger charge is -2.15. The molecule has 5 aromatic rings. The van der Waals surface area contributed by atoms with E-state index in [0.717, 1.165) is 32.6 Å². The van der Waals surface area contributed by atoms with Crippen molar-refractivity contribution in [3.05, 3.63) is 93.0 Å². The van der Waals surface area contributed by atoms with Crippen molar-refractivity contribution in [3.8, 4) is 22.4 Å². The molecule has 1 aliphatic carbocycles. The summed E-state index contributed by atoms with van der Waals surface area (Å²) >= 11 is 1.48. The van der Waals surface area contributed by atoms with Crippen LogP contribution >= 0.6 is 11.3 Å². The summed E-state index contributed by atoms with van der Waals surface area (Å²) in [5, 5.41) is 16.7. The summed E-state index contributed by atoms with van der Waals surface area (Å²) in [5.41, 5.74) is 6.25. The van der Waals surface area contributed by atoms with E-state index in [1.54, 1.807) is 12.4 Å². The van der Waals surface area contributed by atoms with Gasteiger partial charge in [-0.25, -0.2) is 14.2 Å². The molecule has 0 unspecified atom stereocenters. The van der Waals surface area contributed by atoms with E-state index < -0.39 is 11.8 Å². The second kappa shape index (κ2) is 9.67. The Bertz CT molecular complexity index is 1780. The number of carboxylic acid groups (broad SMARTS) is 1. The van der Waals surface area contributed by atoms with E-state index in [1.165, 1.54) is 23.5 Å². The van der Waals surface area contributed by atoms with Crippen molar-refractivity contribution < 1.29 is 19.1 Å². The summed E-state index contributed by atoms with van der Waals surface area (Å²) in [7, 11) is 0. The van der Waals surface area contributed by atoms with Gasteiger partial charge in [0.2, 0.25) is 5.91 Å². The number of rotatable bonds is 7. The molecule has 1 amide bonds. The van der Waals surface area contributed by atoms with Crippen LogP contribution in [0.3, 0.4) is 0 Å². The number of fused-ring (bicyclic) bond motifs is 2. The van der Waals surface area contributed by atoms with Gasteiger partial charge in [-0.05, 0) is 52.4 Å². The Kier molecular flexibility index (Phi) is 6.15. The standard InChI is InChI=1S/C30H25FN4O3S/c1-15(2)25-26(28(30(37)38)35-27(25)22-12-18(31)13-23-19(22)6-7-32-23)20-5-3-4-16-10-17(11-21(16)20)29(36)34-14-24-33-8-9-39-24/h3-9,11-13,15,32,35H,10,14H2,1-2H3,(H,34,36)(H,37,38). The number of benzene rings is 2. The van der Waals surface area contributed by atoms with Crippen LogP contribution in [0.4, 0.5) is 4.39 Å². The molecule has 0 saturated carbocycles. The second-order valence-corrected chi connectivity index (χ2v) is 10.8. The lowest BCUT2D eigenvalue weighted by atomic mass is 9.87. The van der Waals surface area contributed by atoms with E-state index in [-0.39, 0.29) is 17.5 Å². The van der Waals surface area contributed by atoms with Gasteiger partial charge in [0, 0.05) is 51.8 Å². The zero-order valence-electron chi connectivity index (χ0n) is 21.3. The Morgan fingerprint density at radius 3 is 2.79 bits per heavy atom. The molecule has 0 bridgehead atoms. The molecule has 1 aliphatic rings. The molecular weight excluding hydrogens is 515 g/mol. The predicted octanol–water partition coefficient (Wildman–Crippen LogP) is 6.50. The Labute approximate surface area is 227 Å². The van der Waals surface area contributed by atoms with Gasteiger partial charge < -0.3 is 20.4 Å². The van der Waals surface area contributed by atoms with Crippen LogP contribution in [0.1, 0.15) is 52.0 Å². The fourth-order valence-corrected chi connectivity index (χ4v) is 5.98. The number of carbonyl (C=O) groups excluding carboxylic acids is 1. The summed E-state index contributed by atoms with van der Waals surface area (Å²) in [6.45, 7) is 4.33. The lowest BCUT2D eigenvalue weighted by molar-refractivity contribution is -0.117. The normalized spacial score (nSPS) is 12.7. The van der Waals surface area contributed by atoms with Gasteiger partial charge >= 0.3 is 5.97 Å². The number of nitrogens with one attached hydrogen (secondary N) is 3. The zero-order chi connectivity index (χ0) is 27.3. The molecule has 39 heavy (non-hydrogen) atoms. The topological polar surface area (TPSA) is 111 Å². The van der Waals surface area contributed by atoms with Gasteiger partial charge in [0.05, 0.1) is 12.2 Å². The fourth-order valence-electron chi connectivity index (χ4n) is 5.42. The number of hydrogen-bond donors (Lipinski definition) is 4. The van der Waals surface area contributed by atoms with Crippen LogP contribution in [0, 0.1) is 5.82 Å². The van der Waals surface area contributed by atoms with Gasteiger partial charge in [0.15, 0.2) is 0 Å². The molecule has 0 spiro atoms. The number of aromatic carboxylic acids is 1. The number of aromatic amines is 2. The maximum Gasteiger partial charge on any atom is 0.352 e. The maximum atomic E-state index is 14.6. The van der Waals surface area contributed by atoms with Crippen molar-refractivity contribution in [3.63, 3.8) is 0 Å². The number of aromatic nitrogens is 3. The van der Waals surface area contributed by atoms with Crippen molar-refractivity contribution in [2.24, 2.45) is 0 Å². The van der Waals surface area contributed by atoms with E-state index in [2.05, 4.69) is 20.3 Å². The SMILES string of the molecule is CC(C)c1c(-c2cc(F)cc3[nH]ccc23)[nH]c(C(=O)O)c1-c1cccc2c1C=C(C(=O)NCc1nccs1)C2. The molecule has 9 heteroatoms. The van der Waals surface area contributed by atoms with E-state index in [0.29, 0.717) is 40.9 Å². The highest BCUT2D eigenvalue weighted by Crippen LogP contribution is 2.45. The number of carboxylic acids is 1. The van der Waals surface area contributed by atoms with Gasteiger partial charge in [-0.2, -0.15) is 0 Å². The highest BCUT2D eigenvalue weighted by Gasteiger charge is 2.30. The van der Waals surface area contributed by atoms with Crippen molar-refractivity contribution >= 4 is 40.2 Å². The number of carbonyl (C=O) groups is 2. The lowest BCUT2D eigenvalue weighted by Crippen LogP contribution is -2.24. The Morgan fingerprint density at radius 1 is 1.21 bits per heavy atom. The molecule has 0 aliphatic heterocycles. The molecule has 0 fully saturated rings. The number of H-pyrrole nitrogens is 2. The molecule has 7 nitrogen and oxygen atoms in total. The third-order valence-corrected chi connectivity index (χ3v) is 7.85. The van der Waals surface area contributed by atoms with Crippen LogP contribution in [0.25, 0.3) is 39.4 Å². The quantitative estimate of drug-likeness (QED) is 0.189. The average Bonchev–Trinajstić information content (AvgIpc) is 3.70. The highest BCUT2D eigenvalue weighted by molar-refractivity contribution is 7.09. The van der Waals surface area contributed by atoms with Crippen LogP contribution < -0.4 is 5.32 Å². The van der Waals surface area contributed by atoms with Gasteiger partial charge in [-0.15, -0.1) is 11.3 Å². The number of amides is 1. The molecule has 6 rings (SSSR count). The largest absolute Gasteiger partial charge is 0.477 e. The van der Waals surface area contributed by atoms with Crippen molar-refractivity contribution in [1.82, 2.24) is 20.3 Å². The summed E-state index contributed by atoms with van der Waals surface area (Å²) in [5.74, 6) is -1.79. The molecule has 0 saturated heterocycles. The first-order valence-electron chi connectivity index (χ1n) is 12.6. The molecular formula is C30H25FN4O3S. The Balaban J connectivity index is 1.49. The molecule has 196 valence electrons. The van der Waals surface area contributed by atoms with E-state index in [1.807, 2.05) is 49.6 Å². The summed E-state index contributed by atoms with van der Waals surface area (Å²) < 4.78 is 14.6. The van der Waals surface area contributed by atoms with E-state index in [4.69, 9.17) is 0 Å². The van der Waals surface area contributed by atoms with Gasteiger partial charge in [0.25, 0.3) is 0 Å². The summed E-state index contributed by atoms with van der Waals surface area (Å²) in [6.07, 6.45) is 5.72. The molecule has 2 aromatic carbocycles. The minimum Gasteiger partial charge on any atom is -0.477 e. The minimum absolute atomic E-state index is 0.0325. The molecule has 4 N–H and O–H groups in total. The third-order valence-electron chi connectivity index (χ3n) is 7.07. The molecule has 0 atom stereocenters. The smallest absolute Gasteiger partial charge is 0.352 e. The van der Waals surface area contributed by atoms with Crippen molar-refractivity contribution in [2.45, 2.75) is 32.7 Å². The third kappa shape index (κ3) is 4.34. The maximum absolute atomic E-state index is 14.6. The van der Waals surface area contributed by atoms with Gasteiger partial charge in [0.1, 0.15) is 16.5 Å². The van der Waals surface area contributed by atoms with Crippen molar-refractivity contribution in [2.75, 3.05) is 0 Å². The first kappa shape index (κ1) is 24.8. The van der Waals surface area contributed by atoms with Crippen LogP contribution in [0.5, 0.6) is 0 Å². The fraction of sp³-hybridized carbons (Fsp3) is 0.167. The van der Waals surface area contributed by atoms with Crippen LogP contribution in [-0.4, -0.2) is 31.9 Å². The predicted molar refractivity (Wildman–Crippen MR) is 150 cm³/mol. The summed E-state index contributed by atoms with van der Waals surface area (Å²) in [4.78, 5) is 35.9. The Hall–Kier alpha value is -4.50. The zero-order valence-corrected chi connectivity index (χ0v) is 22.1. The van der Waals surface area contributed by atoms with Crippen LogP contribution in [0.2, 0.25) is 0 Å². The average molecular weight is 541 g/mol. The first-order chi connectivity index (χ1) is 18.8. The van der Waals surface area contributed by atoms with E-state index in [9.17, 15) is 19.1 Å².